The van der Waals surface area contributed by atoms with Gasteiger partial charge in [0.2, 0.25) is 5.43 Å². The third kappa shape index (κ3) is 2.77. The van der Waals surface area contributed by atoms with E-state index >= 15 is 0 Å². The standard InChI is InChI=1S/C22H23N3O3/c1-5-13-10-14-20(27)16(12-28-21(14)15(19(13)26)11-24(2)3)22-23-17-8-6-7-9-18(17)25(22)4/h6-10,12,26H,5,11H2,1-4H3/p+1. The third-order valence-electron chi connectivity index (χ3n) is 5.15. The number of imidazole rings is 1. The quantitative estimate of drug-likeness (QED) is 0.571. The lowest BCUT2D eigenvalue weighted by atomic mass is 10.0. The van der Waals surface area contributed by atoms with E-state index in [1.165, 1.54) is 6.26 Å². The molecule has 2 aromatic heterocycles. The van der Waals surface area contributed by atoms with Crippen LogP contribution < -0.4 is 10.3 Å². The Hall–Kier alpha value is -3.12. The number of hydrogen-bond donors (Lipinski definition) is 2. The molecule has 6 nitrogen and oxygen atoms in total. The van der Waals surface area contributed by atoms with Crippen LogP contribution >= 0.6 is 0 Å². The number of aromatic nitrogens is 2. The summed E-state index contributed by atoms with van der Waals surface area (Å²) in [5.41, 5.74) is 3.93. The van der Waals surface area contributed by atoms with Crippen LogP contribution in [0.4, 0.5) is 0 Å². The number of aromatic hydroxyl groups is 1. The average Bonchev–Trinajstić information content (AvgIpc) is 3.01. The van der Waals surface area contributed by atoms with Gasteiger partial charge in [-0.3, -0.25) is 4.79 Å². The average molecular weight is 378 g/mol. The molecular formula is C22H24N3O3+. The van der Waals surface area contributed by atoms with Crippen molar-refractivity contribution < 1.29 is 14.4 Å². The van der Waals surface area contributed by atoms with Gasteiger partial charge >= 0.3 is 0 Å². The topological polar surface area (TPSA) is 72.7 Å². The summed E-state index contributed by atoms with van der Waals surface area (Å²) in [5.74, 6) is 0.789. The number of rotatable bonds is 4. The molecule has 2 heterocycles. The minimum atomic E-state index is -0.135. The van der Waals surface area contributed by atoms with E-state index in [0.717, 1.165) is 21.5 Å². The van der Waals surface area contributed by atoms with Crippen molar-refractivity contribution in [3.63, 3.8) is 0 Å². The van der Waals surface area contributed by atoms with Crippen LogP contribution in [0.3, 0.4) is 0 Å². The Morgan fingerprint density at radius 2 is 2.00 bits per heavy atom. The second-order valence-electron chi connectivity index (χ2n) is 7.44. The monoisotopic (exact) mass is 378 g/mol. The van der Waals surface area contributed by atoms with Crippen LogP contribution in [0.15, 0.2) is 45.8 Å². The first kappa shape index (κ1) is 18.3. The highest BCUT2D eigenvalue weighted by Crippen LogP contribution is 2.32. The van der Waals surface area contributed by atoms with E-state index in [1.54, 1.807) is 6.07 Å². The Morgan fingerprint density at radius 3 is 2.68 bits per heavy atom. The van der Waals surface area contributed by atoms with Crippen LogP contribution in [0, 0.1) is 0 Å². The van der Waals surface area contributed by atoms with E-state index < -0.39 is 0 Å². The van der Waals surface area contributed by atoms with Gasteiger partial charge in [0, 0.05) is 7.05 Å². The fourth-order valence-electron chi connectivity index (χ4n) is 3.72. The zero-order valence-corrected chi connectivity index (χ0v) is 16.5. The van der Waals surface area contributed by atoms with Crippen molar-refractivity contribution in [1.82, 2.24) is 9.55 Å². The molecule has 28 heavy (non-hydrogen) atoms. The molecule has 0 amide bonds. The predicted molar refractivity (Wildman–Crippen MR) is 110 cm³/mol. The van der Waals surface area contributed by atoms with Crippen LogP contribution in [0.1, 0.15) is 18.1 Å². The number of fused-ring (bicyclic) bond motifs is 2. The molecule has 0 spiro atoms. The Bertz CT molecular complexity index is 1250. The van der Waals surface area contributed by atoms with Crippen molar-refractivity contribution in [1.29, 1.82) is 0 Å². The number of nitrogens with zero attached hydrogens (tertiary/aromatic N) is 2. The van der Waals surface area contributed by atoms with Gasteiger partial charge in [0.05, 0.1) is 36.1 Å². The lowest BCUT2D eigenvalue weighted by Crippen LogP contribution is -3.04. The smallest absolute Gasteiger partial charge is 0.203 e. The first-order valence-electron chi connectivity index (χ1n) is 9.42. The molecule has 0 unspecified atom stereocenters. The maximum Gasteiger partial charge on any atom is 0.203 e. The van der Waals surface area contributed by atoms with Crippen molar-refractivity contribution in [3.05, 3.63) is 57.9 Å². The summed E-state index contributed by atoms with van der Waals surface area (Å²) in [4.78, 5) is 19.1. The van der Waals surface area contributed by atoms with E-state index in [0.29, 0.717) is 40.9 Å². The van der Waals surface area contributed by atoms with Crippen molar-refractivity contribution >= 4 is 22.0 Å². The molecule has 0 aliphatic carbocycles. The summed E-state index contributed by atoms with van der Waals surface area (Å²) < 4.78 is 7.82. The van der Waals surface area contributed by atoms with Crippen LogP contribution in [-0.4, -0.2) is 28.8 Å². The van der Waals surface area contributed by atoms with Crippen LogP contribution in [-0.2, 0) is 20.0 Å². The number of phenolic OH excluding ortho intramolecular Hbond substituents is 1. The minimum Gasteiger partial charge on any atom is -0.507 e. The number of hydrogen-bond acceptors (Lipinski definition) is 4. The maximum absolute atomic E-state index is 13.4. The summed E-state index contributed by atoms with van der Waals surface area (Å²) in [6, 6.07) is 9.51. The molecule has 0 radical (unpaired) electrons. The van der Waals surface area contributed by atoms with Gasteiger partial charge in [-0.05, 0) is 30.2 Å². The third-order valence-corrected chi connectivity index (χ3v) is 5.15. The van der Waals surface area contributed by atoms with Gasteiger partial charge in [0.25, 0.3) is 0 Å². The van der Waals surface area contributed by atoms with E-state index in [1.807, 2.05) is 56.9 Å². The second kappa shape index (κ2) is 6.80. The zero-order chi connectivity index (χ0) is 20.0. The number of para-hydroxylation sites is 2. The van der Waals surface area contributed by atoms with Crippen LogP contribution in [0.5, 0.6) is 5.75 Å². The molecule has 0 atom stereocenters. The molecule has 0 aliphatic rings. The predicted octanol–water partition coefficient (Wildman–Crippen LogP) is 2.26. The molecule has 0 fully saturated rings. The van der Waals surface area contributed by atoms with E-state index in [9.17, 15) is 9.90 Å². The van der Waals surface area contributed by atoms with Crippen LogP contribution in [0.2, 0.25) is 0 Å². The molecule has 0 saturated heterocycles. The van der Waals surface area contributed by atoms with Gasteiger partial charge in [0.15, 0.2) is 0 Å². The van der Waals surface area contributed by atoms with Crippen molar-refractivity contribution in [2.75, 3.05) is 14.1 Å². The summed E-state index contributed by atoms with van der Waals surface area (Å²) in [7, 11) is 5.88. The van der Waals surface area contributed by atoms with Crippen molar-refractivity contribution in [2.45, 2.75) is 19.9 Å². The molecule has 4 aromatic rings. The zero-order valence-electron chi connectivity index (χ0n) is 16.5. The summed E-state index contributed by atoms with van der Waals surface area (Å²) >= 11 is 0. The van der Waals surface area contributed by atoms with Gasteiger partial charge in [0.1, 0.15) is 35.5 Å². The van der Waals surface area contributed by atoms with E-state index in [2.05, 4.69) is 4.98 Å². The molecule has 2 aromatic carbocycles. The SMILES string of the molecule is CCc1cc2c(=O)c(-c3nc4ccccc4n3C)coc2c(C[NH+](C)C)c1O. The summed E-state index contributed by atoms with van der Waals surface area (Å²) in [5, 5.41) is 11.1. The fraction of sp³-hybridized carbons (Fsp3) is 0.273. The number of quaternary nitrogens is 1. The summed E-state index contributed by atoms with van der Waals surface area (Å²) in [6.07, 6.45) is 2.10. The Labute approximate surface area is 162 Å². The van der Waals surface area contributed by atoms with Crippen molar-refractivity contribution in [3.8, 4) is 17.1 Å². The number of nitrogens with one attached hydrogen (secondary N) is 1. The normalized spacial score (nSPS) is 11.8. The Balaban J connectivity index is 2.02. The highest BCUT2D eigenvalue weighted by Gasteiger charge is 2.21. The van der Waals surface area contributed by atoms with Gasteiger partial charge in [-0.1, -0.05) is 19.1 Å². The highest BCUT2D eigenvalue weighted by molar-refractivity contribution is 5.87. The lowest BCUT2D eigenvalue weighted by Gasteiger charge is -2.14. The van der Waals surface area contributed by atoms with E-state index in [4.69, 9.17) is 4.42 Å². The Kier molecular flexibility index (Phi) is 4.43. The molecule has 0 aliphatic heterocycles. The van der Waals surface area contributed by atoms with Gasteiger partial charge in [-0.15, -0.1) is 0 Å². The van der Waals surface area contributed by atoms with Gasteiger partial charge < -0.3 is 19.0 Å². The van der Waals surface area contributed by atoms with Crippen molar-refractivity contribution in [2.24, 2.45) is 7.05 Å². The fourth-order valence-corrected chi connectivity index (χ4v) is 3.72. The summed E-state index contributed by atoms with van der Waals surface area (Å²) in [6.45, 7) is 2.52. The lowest BCUT2D eigenvalue weighted by molar-refractivity contribution is -0.872. The molecule has 2 N–H and O–H groups in total. The maximum atomic E-state index is 13.4. The van der Waals surface area contributed by atoms with Crippen LogP contribution in [0.25, 0.3) is 33.4 Å². The molecule has 0 bridgehead atoms. The molecule has 0 saturated carbocycles. The number of phenols is 1. The first-order valence-corrected chi connectivity index (χ1v) is 9.42. The van der Waals surface area contributed by atoms with Gasteiger partial charge in [-0.2, -0.15) is 0 Å². The molecular weight excluding hydrogens is 354 g/mol. The first-order chi connectivity index (χ1) is 13.4. The number of benzene rings is 2. The second-order valence-corrected chi connectivity index (χ2v) is 7.44. The largest absolute Gasteiger partial charge is 0.507 e. The molecule has 144 valence electrons. The number of aryl methyl sites for hydroxylation is 2. The Morgan fingerprint density at radius 1 is 1.25 bits per heavy atom. The molecule has 6 heteroatoms. The molecule has 4 rings (SSSR count). The minimum absolute atomic E-state index is 0.135. The van der Waals surface area contributed by atoms with Gasteiger partial charge in [-0.25, -0.2) is 4.98 Å². The highest BCUT2D eigenvalue weighted by atomic mass is 16.3. The van der Waals surface area contributed by atoms with E-state index in [-0.39, 0.29) is 11.2 Å².